The molecule has 0 aliphatic rings. The summed E-state index contributed by atoms with van der Waals surface area (Å²) in [5.74, 6) is -1.37. The highest BCUT2D eigenvalue weighted by Gasteiger charge is 2.12. The van der Waals surface area contributed by atoms with Crippen LogP contribution in [0.15, 0.2) is 55.2 Å². The lowest BCUT2D eigenvalue weighted by Crippen LogP contribution is -2.19. The first-order valence-corrected chi connectivity index (χ1v) is 11.2. The first-order chi connectivity index (χ1) is 15.6. The van der Waals surface area contributed by atoms with Crippen molar-refractivity contribution in [2.45, 2.75) is 19.4 Å². The zero-order valence-electron chi connectivity index (χ0n) is 16.7. The van der Waals surface area contributed by atoms with E-state index >= 15 is 0 Å². The number of nitrogens with zero attached hydrogens (tertiary/aromatic N) is 4. The summed E-state index contributed by atoms with van der Waals surface area (Å²) < 4.78 is 33.3. The predicted molar refractivity (Wildman–Crippen MR) is 123 cm³/mol. The molecule has 4 rings (SSSR count). The molecule has 0 unspecified atom stereocenters. The zero-order chi connectivity index (χ0) is 24.3. The maximum Gasteiger partial charge on any atom is 0.303 e. The standard InChI is InChI=1S/C11H8BrFN2O3.C9H5BrClFN2O/c1-6(16)18-5-8-10(12)11(17)15-4-7(13)2-3-9(15)14-8;10-8-6(3-11)13-7-2-1-5(12)4-14(7)9(8)15/h2-4H,5H2,1H3;1-2,4H,3H2. The molecule has 0 fully saturated rings. The molecule has 0 aliphatic heterocycles. The summed E-state index contributed by atoms with van der Waals surface area (Å²) in [6.07, 6.45) is 2.14. The Balaban J connectivity index is 0.000000189. The van der Waals surface area contributed by atoms with Crippen LogP contribution in [0.3, 0.4) is 0 Å². The van der Waals surface area contributed by atoms with Crippen molar-refractivity contribution >= 4 is 60.7 Å². The number of esters is 1. The third-order valence-corrected chi connectivity index (χ3v) is 5.99. The number of hydrogen-bond acceptors (Lipinski definition) is 6. The zero-order valence-corrected chi connectivity index (χ0v) is 20.6. The molecule has 0 bridgehead atoms. The molecule has 13 heteroatoms. The number of ether oxygens (including phenoxy) is 1. The van der Waals surface area contributed by atoms with Gasteiger partial charge in [0.2, 0.25) is 0 Å². The van der Waals surface area contributed by atoms with Crippen LogP contribution in [0.5, 0.6) is 0 Å². The van der Waals surface area contributed by atoms with Crippen molar-refractivity contribution in [3.8, 4) is 0 Å². The van der Waals surface area contributed by atoms with E-state index in [0.29, 0.717) is 17.0 Å². The van der Waals surface area contributed by atoms with Crippen molar-refractivity contribution in [2.24, 2.45) is 0 Å². The Morgan fingerprint density at radius 2 is 1.39 bits per heavy atom. The summed E-state index contributed by atoms with van der Waals surface area (Å²) in [5.41, 5.74) is 0.582. The molecule has 0 N–H and O–H groups in total. The number of fused-ring (bicyclic) bond motifs is 2. The van der Waals surface area contributed by atoms with Gasteiger partial charge in [-0.05, 0) is 56.1 Å². The minimum atomic E-state index is -0.536. The Morgan fingerprint density at radius 3 is 1.85 bits per heavy atom. The molecular formula is C20H13Br2ClF2N4O4. The van der Waals surface area contributed by atoms with Crippen LogP contribution in [0.25, 0.3) is 11.3 Å². The highest BCUT2D eigenvalue weighted by atomic mass is 79.9. The number of aromatic nitrogens is 4. The van der Waals surface area contributed by atoms with E-state index in [1.165, 1.54) is 31.2 Å². The monoisotopic (exact) mass is 604 g/mol. The summed E-state index contributed by atoms with van der Waals surface area (Å²) >= 11 is 11.8. The highest BCUT2D eigenvalue weighted by Crippen LogP contribution is 2.14. The quantitative estimate of drug-likeness (QED) is 0.259. The van der Waals surface area contributed by atoms with Gasteiger partial charge in [-0.2, -0.15) is 0 Å². The van der Waals surface area contributed by atoms with Gasteiger partial charge >= 0.3 is 5.97 Å². The second kappa shape index (κ2) is 10.5. The van der Waals surface area contributed by atoms with Crippen LogP contribution in [-0.2, 0) is 22.0 Å². The Bertz CT molecular complexity index is 1490. The second-order valence-electron chi connectivity index (χ2n) is 6.42. The maximum absolute atomic E-state index is 13.0. The van der Waals surface area contributed by atoms with E-state index in [0.717, 1.165) is 21.2 Å². The number of carbonyl (C=O) groups excluding carboxylic acids is 1. The maximum atomic E-state index is 13.0. The van der Waals surface area contributed by atoms with E-state index in [1.807, 2.05) is 0 Å². The Kier molecular flexibility index (Phi) is 7.92. The van der Waals surface area contributed by atoms with Crippen LogP contribution < -0.4 is 11.1 Å². The van der Waals surface area contributed by atoms with Crippen molar-refractivity contribution in [1.82, 2.24) is 18.8 Å². The number of pyridine rings is 2. The lowest BCUT2D eigenvalue weighted by molar-refractivity contribution is -0.142. The van der Waals surface area contributed by atoms with Gasteiger partial charge in [0, 0.05) is 19.3 Å². The average Bonchev–Trinajstić information content (AvgIpc) is 2.79. The third-order valence-electron chi connectivity index (χ3n) is 4.14. The first kappa shape index (κ1) is 24.9. The lowest BCUT2D eigenvalue weighted by atomic mass is 10.4. The van der Waals surface area contributed by atoms with Crippen LogP contribution in [0.1, 0.15) is 18.3 Å². The summed E-state index contributed by atoms with van der Waals surface area (Å²) in [6.45, 7) is 1.15. The molecule has 0 aliphatic carbocycles. The second-order valence-corrected chi connectivity index (χ2v) is 8.27. The minimum absolute atomic E-state index is 0.112. The van der Waals surface area contributed by atoms with Crippen molar-refractivity contribution < 1.29 is 18.3 Å². The van der Waals surface area contributed by atoms with Gasteiger partial charge in [0.05, 0.1) is 11.6 Å². The summed E-state index contributed by atoms with van der Waals surface area (Å²) in [5, 5.41) is 0. The van der Waals surface area contributed by atoms with Gasteiger partial charge in [-0.3, -0.25) is 23.2 Å². The number of rotatable bonds is 3. The van der Waals surface area contributed by atoms with Crippen LogP contribution in [0, 0.1) is 11.6 Å². The van der Waals surface area contributed by atoms with Crippen LogP contribution >= 0.6 is 43.5 Å². The highest BCUT2D eigenvalue weighted by molar-refractivity contribution is 9.10. The normalized spacial score (nSPS) is 10.7. The van der Waals surface area contributed by atoms with Crippen molar-refractivity contribution in [3.63, 3.8) is 0 Å². The third kappa shape index (κ3) is 5.63. The minimum Gasteiger partial charge on any atom is -0.459 e. The number of halogens is 5. The van der Waals surface area contributed by atoms with E-state index in [9.17, 15) is 23.2 Å². The number of hydrogen-bond donors (Lipinski definition) is 0. The SMILES string of the molecule is CC(=O)OCc1nc2ccc(F)cn2c(=O)c1Br.O=c1c(Br)c(CCl)nc2ccc(F)cn12. The summed E-state index contributed by atoms with van der Waals surface area (Å²) in [6, 6.07) is 5.25. The topological polar surface area (TPSA) is 95.0 Å². The molecule has 0 aromatic carbocycles. The van der Waals surface area contributed by atoms with Gasteiger partial charge in [-0.1, -0.05) is 0 Å². The van der Waals surface area contributed by atoms with E-state index in [1.54, 1.807) is 0 Å². The van der Waals surface area contributed by atoms with E-state index < -0.39 is 23.2 Å². The van der Waals surface area contributed by atoms with Gasteiger partial charge in [0.25, 0.3) is 11.1 Å². The Hall–Kier alpha value is -2.70. The molecule has 33 heavy (non-hydrogen) atoms. The van der Waals surface area contributed by atoms with Gasteiger partial charge in [-0.25, -0.2) is 18.7 Å². The molecule has 4 aromatic rings. The molecular weight excluding hydrogens is 594 g/mol. The molecule has 0 saturated carbocycles. The van der Waals surface area contributed by atoms with E-state index in [2.05, 4.69) is 41.8 Å². The predicted octanol–water partition coefficient (Wildman–Crippen LogP) is 3.99. The smallest absolute Gasteiger partial charge is 0.303 e. The van der Waals surface area contributed by atoms with Crippen LogP contribution in [0.2, 0.25) is 0 Å². The summed E-state index contributed by atoms with van der Waals surface area (Å²) in [7, 11) is 0. The number of carbonyl (C=O) groups is 1. The average molecular weight is 607 g/mol. The fourth-order valence-corrected chi connectivity index (χ4v) is 3.80. The molecule has 0 amide bonds. The van der Waals surface area contributed by atoms with Crippen molar-refractivity contribution in [1.29, 1.82) is 0 Å². The van der Waals surface area contributed by atoms with Crippen molar-refractivity contribution in [3.05, 3.63) is 89.3 Å². The van der Waals surface area contributed by atoms with Crippen LogP contribution in [-0.4, -0.2) is 24.7 Å². The molecule has 8 nitrogen and oxygen atoms in total. The Labute approximate surface area is 206 Å². The lowest BCUT2D eigenvalue weighted by Gasteiger charge is -2.06. The molecule has 0 spiro atoms. The fraction of sp³-hybridized carbons (Fsp3) is 0.150. The van der Waals surface area contributed by atoms with E-state index in [4.69, 9.17) is 16.3 Å². The number of alkyl halides is 1. The van der Waals surface area contributed by atoms with Gasteiger partial charge in [0.1, 0.15) is 44.2 Å². The molecule has 4 aromatic heterocycles. The molecule has 0 atom stereocenters. The van der Waals surface area contributed by atoms with Gasteiger partial charge in [0.15, 0.2) is 0 Å². The van der Waals surface area contributed by atoms with Gasteiger partial charge in [-0.15, -0.1) is 11.6 Å². The van der Waals surface area contributed by atoms with E-state index in [-0.39, 0.29) is 32.6 Å². The molecule has 0 radical (unpaired) electrons. The largest absolute Gasteiger partial charge is 0.459 e. The summed E-state index contributed by atoms with van der Waals surface area (Å²) in [4.78, 5) is 42.6. The Morgan fingerprint density at radius 1 is 0.939 bits per heavy atom. The molecule has 0 saturated heterocycles. The van der Waals surface area contributed by atoms with Crippen molar-refractivity contribution in [2.75, 3.05) is 0 Å². The fourth-order valence-electron chi connectivity index (χ4n) is 2.63. The molecule has 4 heterocycles. The first-order valence-electron chi connectivity index (χ1n) is 9.04. The van der Waals surface area contributed by atoms with Crippen LogP contribution in [0.4, 0.5) is 8.78 Å². The van der Waals surface area contributed by atoms with Gasteiger partial charge < -0.3 is 4.74 Å². The molecule has 172 valence electrons.